The molecule has 0 atom stereocenters. The Morgan fingerprint density at radius 3 is 1.62 bits per heavy atom. The van der Waals surface area contributed by atoms with Gasteiger partial charge in [0.25, 0.3) is 5.91 Å². The summed E-state index contributed by atoms with van der Waals surface area (Å²) in [6, 6.07) is 40.9. The highest BCUT2D eigenvalue weighted by Crippen LogP contribution is 2.46. The zero-order chi connectivity index (χ0) is 25.8. The van der Waals surface area contributed by atoms with E-state index >= 15 is 0 Å². The number of benzene rings is 5. The first kappa shape index (κ1) is 24.6. The lowest BCUT2D eigenvalue weighted by molar-refractivity contribution is 0.102. The van der Waals surface area contributed by atoms with Gasteiger partial charge in [-0.3, -0.25) is 4.79 Å². The molecule has 5 rings (SSSR count). The molecule has 5 aromatic rings. The number of anilines is 1. The van der Waals surface area contributed by atoms with E-state index in [2.05, 4.69) is 41.7 Å². The lowest BCUT2D eigenvalue weighted by Crippen LogP contribution is -2.31. The largest absolute Gasteiger partial charge is 0.507 e. The Morgan fingerprint density at radius 1 is 0.622 bits per heavy atom. The third-order valence-electron chi connectivity index (χ3n) is 6.47. The van der Waals surface area contributed by atoms with Crippen LogP contribution in [0, 0.1) is 0 Å². The molecular weight excluding hydrogens is 501 g/mol. The predicted octanol–water partition coefficient (Wildman–Crippen LogP) is 8.33. The van der Waals surface area contributed by atoms with Gasteiger partial charge in [-0.25, -0.2) is 0 Å². The highest BCUT2D eigenvalue weighted by molar-refractivity contribution is 6.34. The Labute approximate surface area is 226 Å². The van der Waals surface area contributed by atoms with Gasteiger partial charge in [-0.1, -0.05) is 120 Å². The molecular formula is C32H23Cl2NO2. The van der Waals surface area contributed by atoms with Crippen molar-refractivity contribution in [2.75, 3.05) is 5.32 Å². The number of rotatable bonds is 6. The monoisotopic (exact) mass is 523 g/mol. The van der Waals surface area contributed by atoms with E-state index < -0.39 is 11.3 Å². The van der Waals surface area contributed by atoms with Crippen molar-refractivity contribution in [3.8, 4) is 5.75 Å². The molecule has 0 saturated heterocycles. The molecule has 0 aromatic heterocycles. The molecule has 0 fully saturated rings. The fraction of sp³-hybridized carbons (Fsp3) is 0.0312. The second-order valence-corrected chi connectivity index (χ2v) is 9.50. The Morgan fingerprint density at radius 2 is 1.14 bits per heavy atom. The molecule has 37 heavy (non-hydrogen) atoms. The van der Waals surface area contributed by atoms with E-state index in [4.69, 9.17) is 23.2 Å². The number of nitrogens with one attached hydrogen (secondary N) is 1. The van der Waals surface area contributed by atoms with Crippen LogP contribution in [-0.4, -0.2) is 11.0 Å². The van der Waals surface area contributed by atoms with Crippen LogP contribution in [-0.2, 0) is 5.41 Å². The van der Waals surface area contributed by atoms with Gasteiger partial charge in [0, 0.05) is 5.02 Å². The lowest BCUT2D eigenvalue weighted by atomic mass is 9.65. The molecule has 182 valence electrons. The minimum Gasteiger partial charge on any atom is -0.507 e. The summed E-state index contributed by atoms with van der Waals surface area (Å²) >= 11 is 12.8. The summed E-state index contributed by atoms with van der Waals surface area (Å²) < 4.78 is 0. The first-order valence-corrected chi connectivity index (χ1v) is 12.5. The van der Waals surface area contributed by atoms with Crippen LogP contribution in [0.2, 0.25) is 10.0 Å². The molecule has 0 unspecified atom stereocenters. The minimum absolute atomic E-state index is 0.0693. The molecule has 0 bridgehead atoms. The van der Waals surface area contributed by atoms with E-state index in [-0.39, 0.29) is 11.3 Å². The number of carbonyl (C=O) groups excluding carboxylic acids is 1. The van der Waals surface area contributed by atoms with Crippen molar-refractivity contribution in [1.82, 2.24) is 0 Å². The van der Waals surface area contributed by atoms with Gasteiger partial charge < -0.3 is 10.4 Å². The minimum atomic E-state index is -0.652. The third kappa shape index (κ3) is 4.72. The lowest BCUT2D eigenvalue weighted by Gasteiger charge is -2.37. The van der Waals surface area contributed by atoms with Crippen LogP contribution in [0.3, 0.4) is 0 Å². The van der Waals surface area contributed by atoms with E-state index in [1.165, 1.54) is 18.2 Å². The Balaban J connectivity index is 1.66. The SMILES string of the molecule is O=C(Nc1ccc(C(c2ccccc2)(c2ccccc2)c2ccccc2)cc1Cl)c1cc(Cl)ccc1O. The molecule has 0 aliphatic heterocycles. The molecule has 0 heterocycles. The molecule has 5 heteroatoms. The maximum atomic E-state index is 12.9. The topological polar surface area (TPSA) is 49.3 Å². The van der Waals surface area contributed by atoms with Gasteiger partial charge in [-0.15, -0.1) is 0 Å². The number of phenols is 1. The van der Waals surface area contributed by atoms with Crippen LogP contribution in [0.15, 0.2) is 127 Å². The Kier molecular flexibility index (Phi) is 7.00. The molecule has 3 nitrogen and oxygen atoms in total. The standard InChI is InChI=1S/C32H23Cl2NO2/c33-26-17-19-30(36)27(21-26)31(37)35-29-18-16-25(20-28(29)34)32(22-10-4-1-5-11-22,23-12-6-2-7-13-23)24-14-8-3-9-15-24/h1-21,36H,(H,35,37). The van der Waals surface area contributed by atoms with Crippen molar-refractivity contribution in [3.05, 3.63) is 165 Å². The quantitative estimate of drug-likeness (QED) is 0.220. The number of aromatic hydroxyl groups is 1. The highest BCUT2D eigenvalue weighted by Gasteiger charge is 2.38. The third-order valence-corrected chi connectivity index (χ3v) is 7.02. The zero-order valence-electron chi connectivity index (χ0n) is 19.7. The number of halogens is 2. The van der Waals surface area contributed by atoms with Crippen LogP contribution < -0.4 is 5.32 Å². The van der Waals surface area contributed by atoms with Gasteiger partial charge in [-0.2, -0.15) is 0 Å². The summed E-state index contributed by atoms with van der Waals surface area (Å²) in [6.07, 6.45) is 0. The average molecular weight is 524 g/mol. The van der Waals surface area contributed by atoms with Gasteiger partial charge >= 0.3 is 0 Å². The molecule has 2 N–H and O–H groups in total. The van der Waals surface area contributed by atoms with Crippen molar-refractivity contribution in [2.24, 2.45) is 0 Å². The van der Waals surface area contributed by atoms with Gasteiger partial charge in [0.1, 0.15) is 5.75 Å². The van der Waals surface area contributed by atoms with E-state index in [9.17, 15) is 9.90 Å². The van der Waals surface area contributed by atoms with Crippen molar-refractivity contribution < 1.29 is 9.90 Å². The maximum Gasteiger partial charge on any atom is 0.259 e. The van der Waals surface area contributed by atoms with E-state index in [0.717, 1.165) is 22.3 Å². The maximum absolute atomic E-state index is 12.9. The summed E-state index contributed by atoms with van der Waals surface area (Å²) in [7, 11) is 0. The number of phenolic OH excluding ortho intramolecular Hbond substituents is 1. The van der Waals surface area contributed by atoms with Gasteiger partial charge in [0.2, 0.25) is 0 Å². The molecule has 1 amide bonds. The second kappa shape index (κ2) is 10.5. The molecule has 0 aliphatic rings. The number of amides is 1. The zero-order valence-corrected chi connectivity index (χ0v) is 21.2. The molecule has 0 saturated carbocycles. The Hall–Kier alpha value is -4.05. The fourth-order valence-electron chi connectivity index (χ4n) is 4.79. The van der Waals surface area contributed by atoms with Crippen LogP contribution in [0.4, 0.5) is 5.69 Å². The summed E-state index contributed by atoms with van der Waals surface area (Å²) in [6.45, 7) is 0. The first-order valence-electron chi connectivity index (χ1n) is 11.8. The average Bonchev–Trinajstić information content (AvgIpc) is 2.94. The van der Waals surface area contributed by atoms with Crippen molar-refractivity contribution in [3.63, 3.8) is 0 Å². The number of carbonyl (C=O) groups is 1. The normalized spacial score (nSPS) is 11.2. The van der Waals surface area contributed by atoms with E-state index in [1.807, 2.05) is 66.7 Å². The Bertz CT molecular complexity index is 1440. The summed E-state index contributed by atoms with van der Waals surface area (Å²) in [5, 5.41) is 13.7. The number of hydrogen-bond donors (Lipinski definition) is 2. The summed E-state index contributed by atoms with van der Waals surface area (Å²) in [5.74, 6) is -0.666. The molecule has 0 spiro atoms. The van der Waals surface area contributed by atoms with Gasteiger partial charge in [-0.05, 0) is 52.6 Å². The molecule has 0 aliphatic carbocycles. The van der Waals surface area contributed by atoms with Crippen molar-refractivity contribution >= 4 is 34.8 Å². The van der Waals surface area contributed by atoms with Gasteiger partial charge in [0.05, 0.1) is 21.7 Å². The van der Waals surface area contributed by atoms with Gasteiger partial charge in [0.15, 0.2) is 0 Å². The first-order chi connectivity index (χ1) is 18.0. The van der Waals surface area contributed by atoms with Crippen LogP contribution in [0.25, 0.3) is 0 Å². The predicted molar refractivity (Wildman–Crippen MR) is 151 cm³/mol. The molecule has 0 radical (unpaired) electrons. The van der Waals surface area contributed by atoms with Crippen molar-refractivity contribution in [1.29, 1.82) is 0 Å². The molecule has 5 aromatic carbocycles. The fourth-order valence-corrected chi connectivity index (χ4v) is 5.19. The second-order valence-electron chi connectivity index (χ2n) is 8.66. The van der Waals surface area contributed by atoms with E-state index in [1.54, 1.807) is 6.07 Å². The van der Waals surface area contributed by atoms with Crippen LogP contribution in [0.5, 0.6) is 5.75 Å². The van der Waals surface area contributed by atoms with E-state index in [0.29, 0.717) is 15.7 Å². The summed E-state index contributed by atoms with van der Waals surface area (Å²) in [4.78, 5) is 12.9. The number of hydrogen-bond acceptors (Lipinski definition) is 2. The van der Waals surface area contributed by atoms with Crippen molar-refractivity contribution in [2.45, 2.75) is 5.41 Å². The smallest absolute Gasteiger partial charge is 0.259 e. The highest BCUT2D eigenvalue weighted by atomic mass is 35.5. The van der Waals surface area contributed by atoms with Crippen LogP contribution in [0.1, 0.15) is 32.6 Å². The summed E-state index contributed by atoms with van der Waals surface area (Å²) in [5.41, 5.74) is 4.06. The van der Waals surface area contributed by atoms with Crippen LogP contribution >= 0.6 is 23.2 Å².